The first-order chi connectivity index (χ1) is 16.0. The summed E-state index contributed by atoms with van der Waals surface area (Å²) >= 11 is 1.50. The fraction of sp³-hybridized carbons (Fsp3) is 0.240. The largest absolute Gasteiger partial charge is 0.503 e. The smallest absolute Gasteiger partial charge is 0.485 e. The molecule has 2 heterocycles. The number of thiophene rings is 1. The first-order valence-electron chi connectivity index (χ1n) is 10.7. The topological polar surface area (TPSA) is 109 Å². The van der Waals surface area contributed by atoms with Crippen LogP contribution in [0.3, 0.4) is 0 Å². The Morgan fingerprint density at radius 1 is 1.00 bits per heavy atom. The summed E-state index contributed by atoms with van der Waals surface area (Å²) < 4.78 is 7.26. The third kappa shape index (κ3) is 5.59. The average molecular weight is 465 g/mol. The molecular weight excluding hydrogens is 440 g/mol. The summed E-state index contributed by atoms with van der Waals surface area (Å²) in [6, 6.07) is 20.4. The molecule has 33 heavy (non-hydrogen) atoms. The Balaban J connectivity index is 0.000000601. The quantitative estimate of drug-likeness (QED) is 0.338. The lowest BCUT2D eigenvalue weighted by Gasteiger charge is -2.13. The molecule has 1 fully saturated rings. The number of aromatic nitrogens is 1. The highest BCUT2D eigenvalue weighted by Gasteiger charge is 2.24. The molecule has 3 N–H and O–H groups in total. The highest BCUT2D eigenvalue weighted by atomic mass is 32.1. The summed E-state index contributed by atoms with van der Waals surface area (Å²) in [7, 11) is 0. The van der Waals surface area contributed by atoms with Crippen LogP contribution >= 0.6 is 11.3 Å². The van der Waals surface area contributed by atoms with Crippen molar-refractivity contribution < 1.29 is 24.5 Å². The molecule has 0 spiro atoms. The van der Waals surface area contributed by atoms with Gasteiger partial charge in [0.2, 0.25) is 0 Å². The summed E-state index contributed by atoms with van der Waals surface area (Å²) in [5, 5.41) is 19.2. The van der Waals surface area contributed by atoms with Gasteiger partial charge in [-0.2, -0.15) is 0 Å². The van der Waals surface area contributed by atoms with Crippen LogP contribution in [0.25, 0.3) is 21.0 Å². The number of carbonyl (C=O) groups excluding carboxylic acids is 1. The van der Waals surface area contributed by atoms with Gasteiger partial charge >= 0.3 is 6.16 Å². The molecule has 0 bridgehead atoms. The Bertz CT molecular complexity index is 1280. The molecule has 4 aromatic rings. The zero-order valence-corrected chi connectivity index (χ0v) is 18.7. The van der Waals surface area contributed by atoms with Crippen LogP contribution in [0.5, 0.6) is 5.75 Å². The number of rotatable bonds is 5. The van der Waals surface area contributed by atoms with Gasteiger partial charge in [0.1, 0.15) is 11.5 Å². The Morgan fingerprint density at radius 3 is 2.48 bits per heavy atom. The molecule has 0 unspecified atom stereocenters. The maximum absolute atomic E-state index is 13.0. The number of para-hydroxylation sites is 1. The number of hydrogen-bond acceptors (Lipinski definition) is 5. The number of benzene rings is 2. The van der Waals surface area contributed by atoms with Gasteiger partial charge in [-0.05, 0) is 37.1 Å². The summed E-state index contributed by atoms with van der Waals surface area (Å²) in [6.07, 6.45) is 2.67. The zero-order valence-electron chi connectivity index (χ0n) is 17.9. The second-order valence-corrected chi connectivity index (χ2v) is 8.83. The predicted octanol–water partition coefficient (Wildman–Crippen LogP) is 5.92. The van der Waals surface area contributed by atoms with E-state index in [-0.39, 0.29) is 11.9 Å². The molecule has 7 nitrogen and oxygen atoms in total. The van der Waals surface area contributed by atoms with Crippen LogP contribution in [0.2, 0.25) is 0 Å². The number of nitrogens with zero attached hydrogens (tertiary/aromatic N) is 1. The number of carbonyl (C=O) groups is 2. The van der Waals surface area contributed by atoms with E-state index in [0.717, 1.165) is 39.5 Å². The maximum atomic E-state index is 13.0. The SMILES string of the molecule is O=C(NC1CCCC1)c1sc2ccccc2c1OCc1ccc2ccccc2n1.O=C(O)O. The Kier molecular flexibility index (Phi) is 7.04. The molecule has 170 valence electrons. The van der Waals surface area contributed by atoms with Gasteiger partial charge in [0.25, 0.3) is 5.91 Å². The summed E-state index contributed by atoms with van der Waals surface area (Å²) in [5.74, 6) is 0.635. The number of ether oxygens (including phenoxy) is 1. The first-order valence-corrected chi connectivity index (χ1v) is 11.5. The molecule has 1 aliphatic carbocycles. The van der Waals surface area contributed by atoms with Gasteiger partial charge in [-0.3, -0.25) is 4.79 Å². The van der Waals surface area contributed by atoms with Crippen molar-refractivity contribution in [2.75, 3.05) is 0 Å². The number of hydrogen-bond donors (Lipinski definition) is 3. The van der Waals surface area contributed by atoms with Crippen LogP contribution < -0.4 is 10.1 Å². The van der Waals surface area contributed by atoms with E-state index in [2.05, 4.69) is 11.4 Å². The van der Waals surface area contributed by atoms with Gasteiger partial charge in [0.15, 0.2) is 5.75 Å². The minimum Gasteiger partial charge on any atom is -0.485 e. The van der Waals surface area contributed by atoms with Gasteiger partial charge in [0, 0.05) is 21.5 Å². The van der Waals surface area contributed by atoms with Crippen LogP contribution in [-0.2, 0) is 6.61 Å². The number of nitrogens with one attached hydrogen (secondary N) is 1. The van der Waals surface area contributed by atoms with E-state index in [1.165, 1.54) is 24.2 Å². The van der Waals surface area contributed by atoms with Crippen molar-refractivity contribution in [1.82, 2.24) is 10.3 Å². The van der Waals surface area contributed by atoms with E-state index in [1.807, 2.05) is 54.6 Å². The molecule has 8 heteroatoms. The third-order valence-corrected chi connectivity index (χ3v) is 6.62. The number of carboxylic acid groups (broad SMARTS) is 2. The molecule has 5 rings (SSSR count). The lowest BCUT2D eigenvalue weighted by atomic mass is 10.2. The van der Waals surface area contributed by atoms with Gasteiger partial charge in [-0.25, -0.2) is 9.78 Å². The van der Waals surface area contributed by atoms with Gasteiger partial charge < -0.3 is 20.3 Å². The van der Waals surface area contributed by atoms with Crippen LogP contribution in [0.1, 0.15) is 41.0 Å². The second-order valence-electron chi connectivity index (χ2n) is 7.78. The highest BCUT2D eigenvalue weighted by Crippen LogP contribution is 2.38. The van der Waals surface area contributed by atoms with E-state index in [9.17, 15) is 4.79 Å². The summed E-state index contributed by atoms with van der Waals surface area (Å²) in [4.78, 5) is 26.9. The van der Waals surface area contributed by atoms with E-state index in [4.69, 9.17) is 24.7 Å². The fourth-order valence-electron chi connectivity index (χ4n) is 3.97. The first kappa shape index (κ1) is 22.5. The molecule has 1 amide bonds. The summed E-state index contributed by atoms with van der Waals surface area (Å²) in [5.41, 5.74) is 1.80. The lowest BCUT2D eigenvalue weighted by molar-refractivity contribution is 0.0937. The fourth-order valence-corrected chi connectivity index (χ4v) is 5.02. The molecular formula is C25H24N2O5S. The van der Waals surface area contributed by atoms with Crippen molar-refractivity contribution in [3.8, 4) is 5.75 Å². The average Bonchev–Trinajstić information content (AvgIpc) is 3.45. The lowest BCUT2D eigenvalue weighted by Crippen LogP contribution is -2.32. The predicted molar refractivity (Wildman–Crippen MR) is 128 cm³/mol. The van der Waals surface area contributed by atoms with Crippen LogP contribution in [0.15, 0.2) is 60.7 Å². The van der Waals surface area contributed by atoms with E-state index >= 15 is 0 Å². The second kappa shape index (κ2) is 10.3. The molecule has 1 saturated carbocycles. The monoisotopic (exact) mass is 464 g/mol. The molecule has 0 atom stereocenters. The molecule has 1 aliphatic rings. The molecule has 2 aromatic heterocycles. The molecule has 2 aromatic carbocycles. The number of amides is 1. The Labute approximate surface area is 194 Å². The van der Waals surface area contributed by atoms with Crippen LogP contribution in [0.4, 0.5) is 4.79 Å². The van der Waals surface area contributed by atoms with Crippen LogP contribution in [-0.4, -0.2) is 33.3 Å². The Hall–Kier alpha value is -3.65. The minimum atomic E-state index is -1.83. The number of pyridine rings is 1. The summed E-state index contributed by atoms with van der Waals surface area (Å²) in [6.45, 7) is 0.329. The standard InChI is InChI=1S/C24H22N2O2S.CH2O3/c27-24(26-17-8-2-3-9-17)23-22(19-10-4-6-12-21(19)29-23)28-15-18-14-13-16-7-1-5-11-20(16)25-18;2-1(3)4/h1,4-7,10-14,17H,2-3,8-9,15H2,(H,26,27);(H2,2,3,4). The van der Waals surface area contributed by atoms with Crippen molar-refractivity contribution in [2.45, 2.75) is 38.3 Å². The van der Waals surface area contributed by atoms with Crippen LogP contribution in [0, 0.1) is 0 Å². The van der Waals surface area contributed by atoms with Gasteiger partial charge in [0.05, 0.1) is 11.2 Å². The van der Waals surface area contributed by atoms with E-state index in [1.54, 1.807) is 0 Å². The van der Waals surface area contributed by atoms with E-state index < -0.39 is 6.16 Å². The minimum absolute atomic E-state index is 0.0282. The van der Waals surface area contributed by atoms with Crippen molar-refractivity contribution >= 4 is 44.4 Å². The van der Waals surface area contributed by atoms with E-state index in [0.29, 0.717) is 17.2 Å². The van der Waals surface area contributed by atoms with Gasteiger partial charge in [-0.1, -0.05) is 49.2 Å². The van der Waals surface area contributed by atoms with Crippen molar-refractivity contribution in [1.29, 1.82) is 0 Å². The van der Waals surface area contributed by atoms with Crippen molar-refractivity contribution in [3.63, 3.8) is 0 Å². The molecule has 0 radical (unpaired) electrons. The van der Waals surface area contributed by atoms with Gasteiger partial charge in [-0.15, -0.1) is 11.3 Å². The zero-order chi connectivity index (χ0) is 23.2. The number of fused-ring (bicyclic) bond motifs is 2. The third-order valence-electron chi connectivity index (χ3n) is 5.47. The normalized spacial score (nSPS) is 13.5. The maximum Gasteiger partial charge on any atom is 0.503 e. The van der Waals surface area contributed by atoms with Crippen molar-refractivity contribution in [2.24, 2.45) is 0 Å². The molecule has 0 aliphatic heterocycles. The highest BCUT2D eigenvalue weighted by molar-refractivity contribution is 7.21. The van der Waals surface area contributed by atoms with Crippen molar-refractivity contribution in [3.05, 3.63) is 71.2 Å². The Morgan fingerprint density at radius 2 is 1.70 bits per heavy atom. The molecule has 0 saturated heterocycles.